The van der Waals surface area contributed by atoms with Crippen molar-refractivity contribution in [1.29, 1.82) is 0 Å². The van der Waals surface area contributed by atoms with Crippen LogP contribution >= 0.6 is 0 Å². The Morgan fingerprint density at radius 1 is 0.931 bits per heavy atom. The summed E-state index contributed by atoms with van der Waals surface area (Å²) in [6.45, 7) is 0. The fourth-order valence-electron chi connectivity index (χ4n) is 4.79. The summed E-state index contributed by atoms with van der Waals surface area (Å²) in [6, 6.07) is 13.3. The average molecular weight is 389 g/mol. The number of amides is 2. The van der Waals surface area contributed by atoms with Gasteiger partial charge in [0.1, 0.15) is 0 Å². The van der Waals surface area contributed by atoms with Crippen LogP contribution in [0.15, 0.2) is 60.7 Å². The Morgan fingerprint density at radius 3 is 2.24 bits per heavy atom. The number of benzene rings is 2. The van der Waals surface area contributed by atoms with Gasteiger partial charge < -0.3 is 9.47 Å². The molecule has 6 nitrogen and oxygen atoms in total. The Kier molecular flexibility index (Phi) is 4.01. The number of nitrogens with zero attached hydrogens (tertiary/aromatic N) is 1. The summed E-state index contributed by atoms with van der Waals surface area (Å²) in [5, 5.41) is 0. The van der Waals surface area contributed by atoms with E-state index in [2.05, 4.69) is 12.2 Å². The largest absolute Gasteiger partial charge is 0.493 e. The highest BCUT2D eigenvalue weighted by atomic mass is 16.6. The Labute approximate surface area is 167 Å². The zero-order valence-corrected chi connectivity index (χ0v) is 15.8. The molecule has 5 rings (SSSR count). The van der Waals surface area contributed by atoms with Gasteiger partial charge in [-0.2, -0.15) is 0 Å². The Balaban J connectivity index is 1.41. The van der Waals surface area contributed by atoms with Crippen molar-refractivity contribution in [2.45, 2.75) is 6.42 Å². The summed E-state index contributed by atoms with van der Waals surface area (Å²) in [6.07, 6.45) is 5.00. The topological polar surface area (TPSA) is 72.9 Å². The van der Waals surface area contributed by atoms with Crippen molar-refractivity contribution in [3.05, 3.63) is 66.2 Å². The minimum absolute atomic E-state index is 0.144. The highest BCUT2D eigenvalue weighted by molar-refractivity contribution is 6.23. The Morgan fingerprint density at radius 2 is 1.59 bits per heavy atom. The predicted octanol–water partition coefficient (Wildman–Crippen LogP) is 3.23. The molecule has 0 spiro atoms. The van der Waals surface area contributed by atoms with Crippen molar-refractivity contribution in [2.24, 2.45) is 23.7 Å². The lowest BCUT2D eigenvalue weighted by molar-refractivity contribution is -0.123. The molecule has 2 aliphatic carbocycles. The van der Waals surface area contributed by atoms with Crippen LogP contribution in [0.3, 0.4) is 0 Å². The van der Waals surface area contributed by atoms with Crippen LogP contribution in [-0.2, 0) is 9.59 Å². The number of para-hydroxylation sites is 2. The number of carbonyl (C=O) groups excluding carboxylic acids is 3. The van der Waals surface area contributed by atoms with E-state index >= 15 is 0 Å². The van der Waals surface area contributed by atoms with Crippen molar-refractivity contribution >= 4 is 23.5 Å². The Bertz CT molecular complexity index is 1030. The van der Waals surface area contributed by atoms with E-state index in [4.69, 9.17) is 9.47 Å². The number of fused-ring (bicyclic) bond motifs is 5. The second kappa shape index (κ2) is 6.58. The van der Waals surface area contributed by atoms with E-state index in [0.29, 0.717) is 17.2 Å². The fraction of sp³-hybridized carbons (Fsp3) is 0.261. The fourth-order valence-corrected chi connectivity index (χ4v) is 4.79. The minimum atomic E-state index is -0.586. The molecule has 0 aromatic heterocycles. The molecule has 4 unspecified atom stereocenters. The number of allylic oxidation sites excluding steroid dienone is 2. The number of esters is 1. The maximum Gasteiger partial charge on any atom is 0.343 e. The molecule has 3 aliphatic rings. The molecule has 29 heavy (non-hydrogen) atoms. The highest BCUT2D eigenvalue weighted by Crippen LogP contribution is 2.53. The van der Waals surface area contributed by atoms with E-state index in [1.54, 1.807) is 42.5 Å². The third-order valence-corrected chi connectivity index (χ3v) is 6.08. The average Bonchev–Trinajstić information content (AvgIpc) is 3.42. The van der Waals surface area contributed by atoms with E-state index in [-0.39, 0.29) is 41.0 Å². The number of hydrogen-bond donors (Lipinski definition) is 0. The van der Waals surface area contributed by atoms with Crippen LogP contribution in [0.1, 0.15) is 16.8 Å². The number of imide groups is 1. The van der Waals surface area contributed by atoms with Gasteiger partial charge in [0.2, 0.25) is 11.8 Å². The van der Waals surface area contributed by atoms with Gasteiger partial charge in [-0.05, 0) is 48.6 Å². The lowest BCUT2D eigenvalue weighted by Crippen LogP contribution is -2.33. The highest BCUT2D eigenvalue weighted by Gasteiger charge is 2.59. The van der Waals surface area contributed by atoms with Crippen LogP contribution < -0.4 is 14.4 Å². The van der Waals surface area contributed by atoms with Crippen molar-refractivity contribution in [3.63, 3.8) is 0 Å². The molecule has 146 valence electrons. The molecule has 1 aliphatic heterocycles. The van der Waals surface area contributed by atoms with Crippen molar-refractivity contribution in [2.75, 3.05) is 12.0 Å². The van der Waals surface area contributed by atoms with E-state index < -0.39 is 5.97 Å². The number of anilines is 1. The molecule has 2 amide bonds. The molecule has 2 fully saturated rings. The molecule has 2 aromatic carbocycles. The van der Waals surface area contributed by atoms with E-state index in [1.165, 1.54) is 18.1 Å². The normalized spacial score (nSPS) is 26.7. The second-order valence-corrected chi connectivity index (χ2v) is 7.60. The molecule has 6 heteroatoms. The molecule has 1 heterocycles. The molecule has 4 atom stereocenters. The molecule has 0 N–H and O–H groups in total. The monoisotopic (exact) mass is 389 g/mol. The van der Waals surface area contributed by atoms with E-state index in [1.807, 2.05) is 0 Å². The third-order valence-electron chi connectivity index (χ3n) is 6.08. The van der Waals surface area contributed by atoms with Gasteiger partial charge >= 0.3 is 5.97 Å². The summed E-state index contributed by atoms with van der Waals surface area (Å²) in [7, 11) is 1.50. The lowest BCUT2D eigenvalue weighted by atomic mass is 9.85. The van der Waals surface area contributed by atoms with Crippen LogP contribution in [-0.4, -0.2) is 24.9 Å². The Hall–Kier alpha value is -3.41. The lowest BCUT2D eigenvalue weighted by Gasteiger charge is -2.18. The summed E-state index contributed by atoms with van der Waals surface area (Å²) in [4.78, 5) is 39.8. The predicted molar refractivity (Wildman–Crippen MR) is 105 cm³/mol. The molecule has 0 radical (unpaired) electrons. The van der Waals surface area contributed by atoms with Crippen LogP contribution in [0.2, 0.25) is 0 Å². The molecule has 1 saturated heterocycles. The SMILES string of the molecule is COc1ccccc1OC(=O)c1cccc(N2C(=O)C3C4C=CC(C4)C3C2=O)c1. The van der Waals surface area contributed by atoms with Crippen molar-refractivity contribution in [1.82, 2.24) is 0 Å². The summed E-state index contributed by atoms with van der Waals surface area (Å²) in [5.41, 5.74) is 0.662. The van der Waals surface area contributed by atoms with Gasteiger partial charge in [0, 0.05) is 0 Å². The smallest absolute Gasteiger partial charge is 0.343 e. The summed E-state index contributed by atoms with van der Waals surface area (Å²) in [5.74, 6) is -0.455. The third kappa shape index (κ3) is 2.67. The number of hydrogen-bond acceptors (Lipinski definition) is 5. The van der Waals surface area contributed by atoms with Gasteiger partial charge in [0.15, 0.2) is 11.5 Å². The first kappa shape index (κ1) is 17.7. The first-order valence-corrected chi connectivity index (χ1v) is 9.60. The molecular weight excluding hydrogens is 370 g/mol. The first-order valence-electron chi connectivity index (χ1n) is 9.60. The standard InChI is InChI=1S/C23H19NO5/c1-28-17-7-2-3-8-18(17)29-23(27)15-5-4-6-16(12-15)24-21(25)19-13-9-10-14(11-13)20(19)22(24)26/h2-10,12-14,19-20H,11H2,1H3. The minimum Gasteiger partial charge on any atom is -0.493 e. The van der Waals surface area contributed by atoms with E-state index in [9.17, 15) is 14.4 Å². The van der Waals surface area contributed by atoms with Gasteiger partial charge in [-0.25, -0.2) is 9.69 Å². The van der Waals surface area contributed by atoms with Crippen LogP contribution in [0.25, 0.3) is 0 Å². The molecule has 2 bridgehead atoms. The van der Waals surface area contributed by atoms with Gasteiger partial charge in [0.25, 0.3) is 0 Å². The summed E-state index contributed by atoms with van der Waals surface area (Å²) < 4.78 is 10.7. The van der Waals surface area contributed by atoms with E-state index in [0.717, 1.165) is 6.42 Å². The van der Waals surface area contributed by atoms with Crippen LogP contribution in [0.5, 0.6) is 11.5 Å². The molecule has 1 saturated carbocycles. The number of carbonyl (C=O) groups is 3. The van der Waals surface area contributed by atoms with Crippen molar-refractivity contribution < 1.29 is 23.9 Å². The maximum absolute atomic E-state index is 13.0. The first-order chi connectivity index (χ1) is 14.1. The molecular formula is C23H19NO5. The number of methoxy groups -OCH3 is 1. The van der Waals surface area contributed by atoms with Gasteiger partial charge in [0.05, 0.1) is 30.2 Å². The van der Waals surface area contributed by atoms with Gasteiger partial charge in [-0.1, -0.05) is 30.4 Å². The summed E-state index contributed by atoms with van der Waals surface area (Å²) >= 11 is 0. The van der Waals surface area contributed by atoms with Crippen LogP contribution in [0.4, 0.5) is 5.69 Å². The number of rotatable bonds is 4. The zero-order chi connectivity index (χ0) is 20.1. The van der Waals surface area contributed by atoms with Gasteiger partial charge in [-0.15, -0.1) is 0 Å². The maximum atomic E-state index is 13.0. The zero-order valence-electron chi connectivity index (χ0n) is 15.8. The van der Waals surface area contributed by atoms with Crippen molar-refractivity contribution in [3.8, 4) is 11.5 Å². The molecule has 2 aromatic rings. The van der Waals surface area contributed by atoms with Gasteiger partial charge in [-0.3, -0.25) is 9.59 Å². The quantitative estimate of drug-likeness (QED) is 0.347. The van der Waals surface area contributed by atoms with Crippen LogP contribution in [0, 0.1) is 23.7 Å². The number of ether oxygens (including phenoxy) is 2. The second-order valence-electron chi connectivity index (χ2n) is 7.60.